The third-order valence-electron chi connectivity index (χ3n) is 3.55. The van der Waals surface area contributed by atoms with Gasteiger partial charge in [0.1, 0.15) is 19.4 Å². The molecule has 2 aromatic rings. The quantitative estimate of drug-likeness (QED) is 0.178. The number of carboxylic acid groups (broad SMARTS) is 2. The first-order valence-corrected chi connectivity index (χ1v) is 8.87. The van der Waals surface area contributed by atoms with Gasteiger partial charge in [-0.25, -0.2) is 14.6 Å². The Kier molecular flexibility index (Phi) is 9.81. The number of hydrogen-bond acceptors (Lipinski definition) is 10. The lowest BCUT2D eigenvalue weighted by Crippen LogP contribution is -2.37. The number of esters is 1. The van der Waals surface area contributed by atoms with Crippen LogP contribution in [-0.2, 0) is 30.6 Å². The van der Waals surface area contributed by atoms with Gasteiger partial charge in [-0.2, -0.15) is 4.98 Å². The highest BCUT2D eigenvalue weighted by Crippen LogP contribution is 2.06. The zero-order chi connectivity index (χ0) is 23.6. The lowest BCUT2D eigenvalue weighted by Gasteiger charge is -2.14. The molecule has 14 nitrogen and oxygen atoms in total. The zero-order valence-corrected chi connectivity index (χ0v) is 16.8. The number of rotatable bonds is 9. The van der Waals surface area contributed by atoms with Crippen LogP contribution < -0.4 is 17.0 Å². The molecule has 0 unspecified atom stereocenters. The number of carboxylic acids is 2. The van der Waals surface area contributed by atoms with Gasteiger partial charge in [0.2, 0.25) is 5.95 Å². The van der Waals surface area contributed by atoms with Gasteiger partial charge in [-0.1, -0.05) is 13.8 Å². The third-order valence-corrected chi connectivity index (χ3v) is 3.55. The molecule has 0 saturated heterocycles. The molecule has 7 N–H and O–H groups in total. The molecular weight excluding hydrogens is 416 g/mol. The number of fused-ring (bicyclic) bond motifs is 1. The number of ether oxygens (including phenoxy) is 2. The predicted octanol–water partition coefficient (Wildman–Crippen LogP) is -1.09. The lowest BCUT2D eigenvalue weighted by atomic mass is 10.1. The molecule has 0 aliphatic rings. The van der Waals surface area contributed by atoms with E-state index >= 15 is 0 Å². The van der Waals surface area contributed by atoms with Crippen LogP contribution in [0.3, 0.4) is 0 Å². The SMILES string of the molecule is CC(C)[C@H](N)C(=O)OCCOCn1cnc2c(=O)[nH]c(N)nc21.O=C(O)C=CC(=O)O. The second-order valence-electron chi connectivity index (χ2n) is 6.32. The molecule has 170 valence electrons. The fraction of sp³-hybridized carbons (Fsp3) is 0.412. The van der Waals surface area contributed by atoms with E-state index in [4.69, 9.17) is 31.2 Å². The molecule has 0 fully saturated rings. The van der Waals surface area contributed by atoms with Crippen molar-refractivity contribution in [1.82, 2.24) is 19.5 Å². The average Bonchev–Trinajstić information content (AvgIpc) is 3.08. The first kappa shape index (κ1) is 25.3. The molecule has 14 heteroatoms. The molecule has 0 bridgehead atoms. The standard InChI is InChI=1S/C13H20N6O4.C4H4O4/c1-7(2)8(14)12(21)23-4-3-22-6-19-5-16-9-10(19)17-13(15)18-11(9)20;5-3(6)1-2-4(7)8/h5,7-8H,3-4,6,14H2,1-2H3,(H3,15,17,18,20);1-2H,(H,5,6)(H,7,8)/t8-;/m0./s1. The van der Waals surface area contributed by atoms with E-state index in [2.05, 4.69) is 15.0 Å². The van der Waals surface area contributed by atoms with Crippen molar-refractivity contribution in [3.05, 3.63) is 28.8 Å². The van der Waals surface area contributed by atoms with Crippen molar-refractivity contribution in [3.8, 4) is 0 Å². The highest BCUT2D eigenvalue weighted by Gasteiger charge is 2.18. The van der Waals surface area contributed by atoms with Crippen LogP contribution in [0.4, 0.5) is 5.95 Å². The molecule has 2 heterocycles. The van der Waals surface area contributed by atoms with Gasteiger partial charge in [0, 0.05) is 12.2 Å². The topological polar surface area (TPSA) is 226 Å². The normalized spacial score (nSPS) is 11.9. The summed E-state index contributed by atoms with van der Waals surface area (Å²) in [6.07, 6.45) is 2.54. The van der Waals surface area contributed by atoms with E-state index in [0.717, 1.165) is 0 Å². The van der Waals surface area contributed by atoms with E-state index in [9.17, 15) is 19.2 Å². The van der Waals surface area contributed by atoms with Crippen LogP contribution in [0.15, 0.2) is 23.3 Å². The number of nitrogens with two attached hydrogens (primary N) is 2. The van der Waals surface area contributed by atoms with E-state index in [1.165, 1.54) is 10.9 Å². The van der Waals surface area contributed by atoms with Gasteiger partial charge in [-0.05, 0) is 5.92 Å². The third kappa shape index (κ3) is 8.63. The van der Waals surface area contributed by atoms with Crippen LogP contribution in [-0.4, -0.2) is 66.9 Å². The van der Waals surface area contributed by atoms with Crippen LogP contribution in [0.1, 0.15) is 13.8 Å². The van der Waals surface area contributed by atoms with Crippen molar-refractivity contribution in [2.45, 2.75) is 26.6 Å². The van der Waals surface area contributed by atoms with E-state index in [-0.39, 0.29) is 37.3 Å². The number of nitrogens with one attached hydrogen (secondary N) is 1. The zero-order valence-electron chi connectivity index (χ0n) is 16.8. The van der Waals surface area contributed by atoms with Gasteiger partial charge in [-0.15, -0.1) is 0 Å². The molecule has 31 heavy (non-hydrogen) atoms. The van der Waals surface area contributed by atoms with Crippen LogP contribution in [0.5, 0.6) is 0 Å². The number of hydrogen-bond donors (Lipinski definition) is 5. The summed E-state index contributed by atoms with van der Waals surface area (Å²) >= 11 is 0. The Morgan fingerprint density at radius 3 is 2.39 bits per heavy atom. The average molecular weight is 440 g/mol. The van der Waals surface area contributed by atoms with Crippen molar-refractivity contribution in [2.75, 3.05) is 18.9 Å². The highest BCUT2D eigenvalue weighted by atomic mass is 16.6. The van der Waals surface area contributed by atoms with Crippen molar-refractivity contribution in [3.63, 3.8) is 0 Å². The summed E-state index contributed by atoms with van der Waals surface area (Å²) < 4.78 is 11.9. The number of carbonyl (C=O) groups excluding carboxylic acids is 1. The molecule has 0 spiro atoms. The minimum atomic E-state index is -1.26. The summed E-state index contributed by atoms with van der Waals surface area (Å²) in [7, 11) is 0. The number of aromatic nitrogens is 4. The van der Waals surface area contributed by atoms with E-state index in [0.29, 0.717) is 17.8 Å². The first-order chi connectivity index (χ1) is 14.5. The predicted molar refractivity (Wildman–Crippen MR) is 107 cm³/mol. The Morgan fingerprint density at radius 2 is 1.84 bits per heavy atom. The number of anilines is 1. The lowest BCUT2D eigenvalue weighted by molar-refractivity contribution is -0.148. The van der Waals surface area contributed by atoms with Crippen molar-refractivity contribution in [1.29, 1.82) is 0 Å². The second-order valence-corrected chi connectivity index (χ2v) is 6.32. The Bertz CT molecular complexity index is 980. The summed E-state index contributed by atoms with van der Waals surface area (Å²) in [6.45, 7) is 4.04. The summed E-state index contributed by atoms with van der Waals surface area (Å²) in [5, 5.41) is 15.6. The second kappa shape index (κ2) is 12.0. The number of imidazole rings is 1. The molecule has 0 aliphatic carbocycles. The smallest absolute Gasteiger partial charge is 0.328 e. The molecule has 0 aliphatic heterocycles. The summed E-state index contributed by atoms with van der Waals surface area (Å²) in [5.41, 5.74) is 11.2. The van der Waals surface area contributed by atoms with Crippen LogP contribution in [0.25, 0.3) is 11.2 Å². The largest absolute Gasteiger partial charge is 0.478 e. The molecule has 2 rings (SSSR count). The van der Waals surface area contributed by atoms with Gasteiger partial charge in [0.15, 0.2) is 11.2 Å². The fourth-order valence-electron chi connectivity index (χ4n) is 1.94. The summed E-state index contributed by atoms with van der Waals surface area (Å²) in [6, 6.07) is -0.647. The minimum Gasteiger partial charge on any atom is -0.478 e. The van der Waals surface area contributed by atoms with Crippen molar-refractivity contribution in [2.24, 2.45) is 11.7 Å². The van der Waals surface area contributed by atoms with Gasteiger partial charge in [0.25, 0.3) is 5.56 Å². The Balaban J connectivity index is 0.000000512. The molecule has 0 radical (unpaired) electrons. The number of nitrogen functional groups attached to an aromatic ring is 1. The van der Waals surface area contributed by atoms with Crippen molar-refractivity contribution >= 4 is 35.0 Å². The van der Waals surface area contributed by atoms with Gasteiger partial charge in [0.05, 0.1) is 12.9 Å². The number of nitrogens with zero attached hydrogens (tertiary/aromatic N) is 3. The van der Waals surface area contributed by atoms with E-state index in [1.54, 1.807) is 0 Å². The first-order valence-electron chi connectivity index (χ1n) is 8.87. The molecule has 2 aromatic heterocycles. The molecule has 0 saturated carbocycles. The molecule has 0 aromatic carbocycles. The van der Waals surface area contributed by atoms with E-state index < -0.39 is 29.5 Å². The van der Waals surface area contributed by atoms with Gasteiger partial charge in [-0.3, -0.25) is 19.1 Å². The number of aromatic amines is 1. The van der Waals surface area contributed by atoms with Crippen LogP contribution in [0.2, 0.25) is 0 Å². The molecule has 1 atom stereocenters. The maximum absolute atomic E-state index is 11.6. The number of carbonyl (C=O) groups is 3. The summed E-state index contributed by atoms with van der Waals surface area (Å²) in [5.74, 6) is -2.96. The van der Waals surface area contributed by atoms with Crippen molar-refractivity contribution < 1.29 is 34.1 Å². The minimum absolute atomic E-state index is 0.000790. The number of H-pyrrole nitrogens is 1. The molecular formula is C17H24N6O8. The maximum Gasteiger partial charge on any atom is 0.328 e. The van der Waals surface area contributed by atoms with Gasteiger partial charge >= 0.3 is 17.9 Å². The Labute approximate surface area is 175 Å². The highest BCUT2D eigenvalue weighted by molar-refractivity contribution is 5.89. The Hall–Kier alpha value is -3.78. The van der Waals surface area contributed by atoms with E-state index in [1.807, 2.05) is 13.8 Å². The number of aliphatic carboxylic acids is 2. The Morgan fingerprint density at radius 1 is 1.23 bits per heavy atom. The van der Waals surface area contributed by atoms with Gasteiger partial charge < -0.3 is 31.2 Å². The molecule has 0 amide bonds. The van der Waals surface area contributed by atoms with Crippen LogP contribution in [0, 0.1) is 5.92 Å². The fourth-order valence-corrected chi connectivity index (χ4v) is 1.94. The summed E-state index contributed by atoms with van der Waals surface area (Å²) in [4.78, 5) is 52.6. The monoisotopic (exact) mass is 440 g/mol. The van der Waals surface area contributed by atoms with Crippen LogP contribution >= 0.6 is 0 Å². The maximum atomic E-state index is 11.6.